The van der Waals surface area contributed by atoms with Crippen LogP contribution in [0.4, 0.5) is 4.79 Å². The number of carbonyl (C=O) groups excluding carboxylic acids is 1. The number of urea groups is 1. The number of nitrogens with zero attached hydrogens (tertiary/aromatic N) is 2. The van der Waals surface area contributed by atoms with Crippen molar-refractivity contribution in [1.29, 1.82) is 0 Å². The van der Waals surface area contributed by atoms with Gasteiger partial charge < -0.3 is 20.6 Å². The van der Waals surface area contributed by atoms with Crippen molar-refractivity contribution in [3.63, 3.8) is 0 Å². The number of aliphatic hydroxyl groups excluding tert-OH is 1. The Kier molecular flexibility index (Phi) is 6.28. The minimum atomic E-state index is -0.481. The Labute approximate surface area is 140 Å². The number of amides is 2. The third-order valence-electron chi connectivity index (χ3n) is 5.45. The minimum Gasteiger partial charge on any atom is -0.394 e. The summed E-state index contributed by atoms with van der Waals surface area (Å²) in [4.78, 5) is 17.1. The van der Waals surface area contributed by atoms with Gasteiger partial charge in [0.15, 0.2) is 0 Å². The SMILES string of the molecule is CC(C)C(CNC(=O)NC(C)(CO)C1CC1)N1CCN(C)CC1. The monoisotopic (exact) mass is 326 g/mol. The van der Waals surface area contributed by atoms with Crippen LogP contribution in [0.3, 0.4) is 0 Å². The molecule has 0 aromatic rings. The van der Waals surface area contributed by atoms with Crippen LogP contribution in [-0.2, 0) is 0 Å². The van der Waals surface area contributed by atoms with E-state index < -0.39 is 5.54 Å². The number of aliphatic hydroxyl groups is 1. The molecule has 2 aliphatic rings. The maximum atomic E-state index is 12.3. The van der Waals surface area contributed by atoms with Gasteiger partial charge >= 0.3 is 6.03 Å². The van der Waals surface area contributed by atoms with Gasteiger partial charge in [0, 0.05) is 38.8 Å². The number of nitrogens with one attached hydrogen (secondary N) is 2. The van der Waals surface area contributed by atoms with Crippen LogP contribution in [0.15, 0.2) is 0 Å². The normalized spacial score (nSPS) is 24.3. The number of likely N-dealkylation sites (N-methyl/N-ethyl adjacent to an activating group) is 1. The number of rotatable bonds is 7. The molecule has 6 nitrogen and oxygen atoms in total. The average molecular weight is 326 g/mol. The molecule has 1 saturated carbocycles. The van der Waals surface area contributed by atoms with Crippen LogP contribution in [-0.4, -0.2) is 78.9 Å². The highest BCUT2D eigenvalue weighted by atomic mass is 16.3. The van der Waals surface area contributed by atoms with Crippen LogP contribution in [0.5, 0.6) is 0 Å². The van der Waals surface area contributed by atoms with Crippen LogP contribution >= 0.6 is 0 Å². The van der Waals surface area contributed by atoms with E-state index in [1.807, 2.05) is 6.92 Å². The minimum absolute atomic E-state index is 0.00282. The Bertz CT molecular complexity index is 392. The first-order chi connectivity index (χ1) is 10.9. The molecule has 3 N–H and O–H groups in total. The zero-order chi connectivity index (χ0) is 17.0. The van der Waals surface area contributed by atoms with Gasteiger partial charge in [-0.15, -0.1) is 0 Å². The molecule has 0 bridgehead atoms. The second kappa shape index (κ2) is 7.81. The van der Waals surface area contributed by atoms with Crippen LogP contribution in [0.1, 0.15) is 33.6 Å². The topological polar surface area (TPSA) is 67.8 Å². The molecule has 2 rings (SSSR count). The van der Waals surface area contributed by atoms with E-state index in [-0.39, 0.29) is 12.6 Å². The highest BCUT2D eigenvalue weighted by molar-refractivity contribution is 5.74. The fourth-order valence-electron chi connectivity index (χ4n) is 3.43. The van der Waals surface area contributed by atoms with E-state index in [4.69, 9.17) is 0 Å². The van der Waals surface area contributed by atoms with Crippen molar-refractivity contribution in [3.8, 4) is 0 Å². The number of hydrogen-bond donors (Lipinski definition) is 3. The lowest BCUT2D eigenvalue weighted by atomic mass is 9.97. The van der Waals surface area contributed by atoms with Gasteiger partial charge in [-0.3, -0.25) is 4.90 Å². The molecule has 1 saturated heterocycles. The van der Waals surface area contributed by atoms with E-state index in [1.54, 1.807) is 0 Å². The van der Waals surface area contributed by atoms with Gasteiger partial charge in [-0.05, 0) is 38.6 Å². The first-order valence-electron chi connectivity index (χ1n) is 8.95. The molecule has 0 radical (unpaired) electrons. The lowest BCUT2D eigenvalue weighted by molar-refractivity contribution is 0.0879. The van der Waals surface area contributed by atoms with Crippen molar-refractivity contribution < 1.29 is 9.90 Å². The predicted molar refractivity (Wildman–Crippen MR) is 92.4 cm³/mol. The average Bonchev–Trinajstić information content (AvgIpc) is 3.34. The molecule has 0 aromatic carbocycles. The first-order valence-corrected chi connectivity index (χ1v) is 8.95. The molecular formula is C17H34N4O2. The number of carbonyl (C=O) groups is 1. The Balaban J connectivity index is 1.82. The van der Waals surface area contributed by atoms with Gasteiger partial charge in [-0.25, -0.2) is 4.79 Å². The summed E-state index contributed by atoms with van der Waals surface area (Å²) in [7, 11) is 2.15. The largest absolute Gasteiger partial charge is 0.394 e. The molecule has 1 aliphatic carbocycles. The van der Waals surface area contributed by atoms with Gasteiger partial charge in [0.1, 0.15) is 0 Å². The maximum Gasteiger partial charge on any atom is 0.315 e. The van der Waals surface area contributed by atoms with E-state index in [0.717, 1.165) is 39.0 Å². The van der Waals surface area contributed by atoms with Crippen LogP contribution in [0.25, 0.3) is 0 Å². The fraction of sp³-hybridized carbons (Fsp3) is 0.941. The highest BCUT2D eigenvalue weighted by Gasteiger charge is 2.42. The van der Waals surface area contributed by atoms with Gasteiger partial charge in [0.2, 0.25) is 0 Å². The maximum absolute atomic E-state index is 12.3. The lowest BCUT2D eigenvalue weighted by Gasteiger charge is -2.40. The zero-order valence-electron chi connectivity index (χ0n) is 15.1. The Morgan fingerprint density at radius 3 is 2.35 bits per heavy atom. The standard InChI is InChI=1S/C17H34N4O2/c1-13(2)15(21-9-7-20(4)8-10-21)11-18-16(23)19-17(3,12-22)14-5-6-14/h13-15,22H,5-12H2,1-4H3,(H2,18,19,23). The van der Waals surface area contributed by atoms with Crippen molar-refractivity contribution in [2.45, 2.75) is 45.2 Å². The third-order valence-corrected chi connectivity index (χ3v) is 5.45. The van der Waals surface area contributed by atoms with Crippen molar-refractivity contribution in [3.05, 3.63) is 0 Å². The first kappa shape index (κ1) is 18.5. The second-order valence-electron chi connectivity index (χ2n) is 7.84. The fourth-order valence-corrected chi connectivity index (χ4v) is 3.43. The molecule has 1 heterocycles. The van der Waals surface area contributed by atoms with Crippen molar-refractivity contribution >= 4 is 6.03 Å². The predicted octanol–water partition coefficient (Wildman–Crippen LogP) is 0.719. The Hall–Kier alpha value is -0.850. The van der Waals surface area contributed by atoms with Gasteiger partial charge in [-0.2, -0.15) is 0 Å². The van der Waals surface area contributed by atoms with Crippen molar-refractivity contribution in [1.82, 2.24) is 20.4 Å². The molecule has 6 heteroatoms. The molecule has 2 atom stereocenters. The van der Waals surface area contributed by atoms with E-state index >= 15 is 0 Å². The smallest absolute Gasteiger partial charge is 0.315 e. The van der Waals surface area contributed by atoms with Crippen molar-refractivity contribution in [2.24, 2.45) is 11.8 Å². The second-order valence-corrected chi connectivity index (χ2v) is 7.84. The van der Waals surface area contributed by atoms with Gasteiger partial charge in [0.25, 0.3) is 0 Å². The summed E-state index contributed by atoms with van der Waals surface area (Å²) >= 11 is 0. The molecule has 134 valence electrons. The summed E-state index contributed by atoms with van der Waals surface area (Å²) in [6, 6.07) is 0.198. The quantitative estimate of drug-likeness (QED) is 0.645. The summed E-state index contributed by atoms with van der Waals surface area (Å²) in [6.07, 6.45) is 2.18. The number of piperazine rings is 1. The third kappa shape index (κ3) is 5.06. The molecule has 2 unspecified atom stereocenters. The molecule has 2 amide bonds. The Morgan fingerprint density at radius 1 is 1.26 bits per heavy atom. The summed E-state index contributed by atoms with van der Waals surface area (Å²) in [5.41, 5.74) is -0.481. The highest BCUT2D eigenvalue weighted by Crippen LogP contribution is 2.39. The number of hydrogen-bond acceptors (Lipinski definition) is 4. The van der Waals surface area contributed by atoms with Crippen LogP contribution < -0.4 is 10.6 Å². The molecule has 1 aliphatic heterocycles. The van der Waals surface area contributed by atoms with E-state index in [0.29, 0.717) is 24.4 Å². The van der Waals surface area contributed by atoms with Gasteiger partial charge in [-0.1, -0.05) is 13.8 Å². The molecule has 2 fully saturated rings. The van der Waals surface area contributed by atoms with Crippen LogP contribution in [0.2, 0.25) is 0 Å². The molecule has 23 heavy (non-hydrogen) atoms. The Morgan fingerprint density at radius 2 is 1.87 bits per heavy atom. The summed E-state index contributed by atoms with van der Waals surface area (Å²) in [6.45, 7) is 11.3. The molecule has 0 aromatic heterocycles. The summed E-state index contributed by atoms with van der Waals surface area (Å²) in [5, 5.41) is 15.6. The summed E-state index contributed by atoms with van der Waals surface area (Å²) in [5.74, 6) is 0.906. The van der Waals surface area contributed by atoms with E-state index in [2.05, 4.69) is 41.3 Å². The molecule has 0 spiro atoms. The summed E-state index contributed by atoms with van der Waals surface area (Å²) < 4.78 is 0. The molecular weight excluding hydrogens is 292 g/mol. The van der Waals surface area contributed by atoms with Crippen LogP contribution in [0, 0.1) is 11.8 Å². The van der Waals surface area contributed by atoms with Crippen molar-refractivity contribution in [2.75, 3.05) is 46.4 Å². The van der Waals surface area contributed by atoms with E-state index in [9.17, 15) is 9.90 Å². The van der Waals surface area contributed by atoms with Gasteiger partial charge in [0.05, 0.1) is 12.1 Å². The zero-order valence-corrected chi connectivity index (χ0v) is 15.1. The lowest BCUT2D eigenvalue weighted by Crippen LogP contribution is -2.58. The van der Waals surface area contributed by atoms with E-state index in [1.165, 1.54) is 0 Å².